The second kappa shape index (κ2) is 3.30. The summed E-state index contributed by atoms with van der Waals surface area (Å²) >= 11 is 0.192. The Labute approximate surface area is 68.5 Å². The van der Waals surface area contributed by atoms with Gasteiger partial charge in [-0.1, -0.05) is 0 Å². The summed E-state index contributed by atoms with van der Waals surface area (Å²) in [4.78, 5) is 0. The first-order valence-electron chi connectivity index (χ1n) is 3.09. The molecule has 4 heteroatoms. The van der Waals surface area contributed by atoms with Crippen LogP contribution in [-0.4, -0.2) is 4.21 Å². The molecule has 0 bridgehead atoms. The number of anilines is 1. The maximum atomic E-state index is 10.0. The molecule has 11 heavy (non-hydrogen) atoms. The van der Waals surface area contributed by atoms with Crippen molar-refractivity contribution in [1.82, 2.24) is 0 Å². The predicted octanol–water partition coefficient (Wildman–Crippen LogP) is 1.61. The molecule has 0 aliphatic heterocycles. The van der Waals surface area contributed by atoms with Gasteiger partial charge >= 0.3 is 0 Å². The second-order valence-corrected chi connectivity index (χ2v) is 2.60. The molecular weight excluding hydrogens is 160 g/mol. The Bertz CT molecular complexity index is 298. The molecule has 0 unspecified atom stereocenters. The molecule has 0 aliphatic rings. The third-order valence-electron chi connectivity index (χ3n) is 1.23. The van der Waals surface area contributed by atoms with Crippen LogP contribution < -0.4 is 5.73 Å². The molecule has 0 saturated heterocycles. The molecule has 0 radical (unpaired) electrons. The van der Waals surface area contributed by atoms with E-state index in [2.05, 4.69) is 4.36 Å². The summed E-state index contributed by atoms with van der Waals surface area (Å²) in [6.07, 6.45) is 0. The van der Waals surface area contributed by atoms with Crippen molar-refractivity contribution < 1.29 is 4.21 Å². The van der Waals surface area contributed by atoms with Gasteiger partial charge in [-0.3, -0.25) is 0 Å². The quantitative estimate of drug-likeness (QED) is 0.647. The first kappa shape index (κ1) is 7.94. The van der Waals surface area contributed by atoms with E-state index in [1.807, 2.05) is 13.0 Å². The van der Waals surface area contributed by atoms with E-state index in [-0.39, 0.29) is 11.5 Å². The molecule has 1 aromatic carbocycles. The van der Waals surface area contributed by atoms with Gasteiger partial charge < -0.3 is 5.73 Å². The monoisotopic (exact) mass is 168 g/mol. The minimum absolute atomic E-state index is 0.192. The Balaban J connectivity index is 3.18. The minimum Gasteiger partial charge on any atom is -0.399 e. The van der Waals surface area contributed by atoms with Crippen molar-refractivity contribution in [2.45, 2.75) is 6.92 Å². The lowest BCUT2D eigenvalue weighted by Gasteiger charge is -1.96. The van der Waals surface area contributed by atoms with E-state index >= 15 is 0 Å². The van der Waals surface area contributed by atoms with Crippen LogP contribution in [0.1, 0.15) is 5.56 Å². The number of nitrogens with two attached hydrogens (primary N) is 1. The Morgan fingerprint density at radius 1 is 1.45 bits per heavy atom. The molecular formula is C7H8N2OS. The highest BCUT2D eigenvalue weighted by molar-refractivity contribution is 7.54. The lowest BCUT2D eigenvalue weighted by molar-refractivity contribution is 0.698. The van der Waals surface area contributed by atoms with E-state index in [1.54, 1.807) is 12.1 Å². The molecule has 0 amide bonds. The number of benzene rings is 1. The van der Waals surface area contributed by atoms with Gasteiger partial charge in [0.05, 0.1) is 5.69 Å². The summed E-state index contributed by atoms with van der Waals surface area (Å²) in [5.41, 5.74) is 7.79. The smallest absolute Gasteiger partial charge is 0.205 e. The van der Waals surface area contributed by atoms with Crippen molar-refractivity contribution in [3.05, 3.63) is 23.8 Å². The van der Waals surface area contributed by atoms with Gasteiger partial charge in [0.1, 0.15) is 0 Å². The van der Waals surface area contributed by atoms with Crippen LogP contribution in [0, 0.1) is 6.92 Å². The van der Waals surface area contributed by atoms with Crippen LogP contribution in [0.2, 0.25) is 0 Å². The zero-order chi connectivity index (χ0) is 8.27. The Morgan fingerprint density at radius 3 is 2.73 bits per heavy atom. The Kier molecular flexibility index (Phi) is 2.38. The summed E-state index contributed by atoms with van der Waals surface area (Å²) in [6.45, 7) is 1.91. The molecule has 0 spiro atoms. The number of hydrogen-bond acceptors (Lipinski definition) is 3. The molecule has 0 aromatic heterocycles. The zero-order valence-electron chi connectivity index (χ0n) is 6.07. The molecule has 3 nitrogen and oxygen atoms in total. The molecule has 58 valence electrons. The largest absolute Gasteiger partial charge is 0.399 e. The van der Waals surface area contributed by atoms with Crippen molar-refractivity contribution in [2.75, 3.05) is 5.73 Å². The summed E-state index contributed by atoms with van der Waals surface area (Å²) in [5.74, 6) is 0. The Hall–Kier alpha value is -1.16. The number of aryl methyl sites for hydroxylation is 1. The summed E-state index contributed by atoms with van der Waals surface area (Å²) in [7, 11) is 0. The number of hydrogen-bond donors (Lipinski definition) is 1. The normalized spacial score (nSPS) is 9.18. The maximum Gasteiger partial charge on any atom is 0.205 e. The van der Waals surface area contributed by atoms with E-state index < -0.39 is 0 Å². The molecule has 0 saturated carbocycles. The van der Waals surface area contributed by atoms with Gasteiger partial charge in [0, 0.05) is 5.69 Å². The topological polar surface area (TPSA) is 55.4 Å². The molecule has 0 heterocycles. The van der Waals surface area contributed by atoms with Gasteiger partial charge in [0.25, 0.3) is 0 Å². The standard InChI is InChI=1S/C7H8N2OS/c1-5-2-6(8)4-7(3-5)9-11-10/h2-4H,8H2,1H3. The van der Waals surface area contributed by atoms with Crippen molar-refractivity contribution >= 4 is 22.8 Å². The predicted molar refractivity (Wildman–Crippen MR) is 45.8 cm³/mol. The van der Waals surface area contributed by atoms with Crippen LogP contribution in [-0.2, 0) is 11.5 Å². The summed E-state index contributed by atoms with van der Waals surface area (Å²) in [6, 6.07) is 5.30. The maximum absolute atomic E-state index is 10.0. The Morgan fingerprint density at radius 2 is 2.18 bits per heavy atom. The van der Waals surface area contributed by atoms with Gasteiger partial charge in [-0.05, 0) is 30.7 Å². The highest BCUT2D eigenvalue weighted by Crippen LogP contribution is 2.17. The van der Waals surface area contributed by atoms with Crippen LogP contribution in [0.5, 0.6) is 0 Å². The van der Waals surface area contributed by atoms with Crippen molar-refractivity contribution in [2.24, 2.45) is 4.36 Å². The van der Waals surface area contributed by atoms with E-state index in [1.165, 1.54) is 0 Å². The minimum atomic E-state index is 0.192. The van der Waals surface area contributed by atoms with Crippen LogP contribution in [0.15, 0.2) is 22.6 Å². The van der Waals surface area contributed by atoms with E-state index in [0.29, 0.717) is 11.4 Å². The number of nitrogen functional groups attached to an aromatic ring is 1. The fraction of sp³-hybridized carbons (Fsp3) is 0.143. The average Bonchev–Trinajstić information content (AvgIpc) is 1.85. The van der Waals surface area contributed by atoms with Crippen LogP contribution in [0.3, 0.4) is 0 Å². The fourth-order valence-corrected chi connectivity index (χ4v) is 1.08. The lowest BCUT2D eigenvalue weighted by atomic mass is 10.2. The van der Waals surface area contributed by atoms with Crippen LogP contribution >= 0.6 is 0 Å². The van der Waals surface area contributed by atoms with Gasteiger partial charge in [0.15, 0.2) is 0 Å². The summed E-state index contributed by atoms with van der Waals surface area (Å²) in [5, 5.41) is 0. The third-order valence-corrected chi connectivity index (χ3v) is 1.51. The molecule has 0 atom stereocenters. The molecule has 0 aliphatic carbocycles. The van der Waals surface area contributed by atoms with E-state index in [4.69, 9.17) is 5.73 Å². The van der Waals surface area contributed by atoms with Gasteiger partial charge in [-0.15, -0.1) is 0 Å². The highest BCUT2D eigenvalue weighted by Gasteiger charge is 1.92. The third kappa shape index (κ3) is 2.16. The van der Waals surface area contributed by atoms with Crippen molar-refractivity contribution in [3.8, 4) is 0 Å². The zero-order valence-corrected chi connectivity index (χ0v) is 6.89. The SMILES string of the molecule is Cc1cc(N)cc(N=S=O)c1. The second-order valence-electron chi connectivity index (χ2n) is 2.27. The van der Waals surface area contributed by atoms with Crippen molar-refractivity contribution in [1.29, 1.82) is 0 Å². The molecule has 0 fully saturated rings. The van der Waals surface area contributed by atoms with Crippen LogP contribution in [0.25, 0.3) is 0 Å². The average molecular weight is 168 g/mol. The number of rotatable bonds is 1. The lowest BCUT2D eigenvalue weighted by Crippen LogP contribution is -1.84. The van der Waals surface area contributed by atoms with Crippen LogP contribution in [0.4, 0.5) is 11.4 Å². The number of nitrogens with zero attached hydrogens (tertiary/aromatic N) is 1. The fourth-order valence-electron chi connectivity index (χ4n) is 0.888. The molecule has 2 N–H and O–H groups in total. The first-order valence-corrected chi connectivity index (χ1v) is 3.79. The van der Waals surface area contributed by atoms with Gasteiger partial charge in [-0.2, -0.15) is 8.57 Å². The van der Waals surface area contributed by atoms with E-state index in [0.717, 1.165) is 5.56 Å². The van der Waals surface area contributed by atoms with E-state index in [9.17, 15) is 4.21 Å². The van der Waals surface area contributed by atoms with Crippen molar-refractivity contribution in [3.63, 3.8) is 0 Å². The van der Waals surface area contributed by atoms with Gasteiger partial charge in [-0.25, -0.2) is 0 Å². The highest BCUT2D eigenvalue weighted by atomic mass is 32.1. The first-order chi connectivity index (χ1) is 5.22. The molecule has 1 aromatic rings. The van der Waals surface area contributed by atoms with Gasteiger partial charge in [0.2, 0.25) is 11.5 Å². The molecule has 1 rings (SSSR count). The summed E-state index contributed by atoms with van der Waals surface area (Å²) < 4.78 is 13.6.